The highest BCUT2D eigenvalue weighted by molar-refractivity contribution is 7.12. The molecular formula is C18H23N3OS. The van der Waals surface area contributed by atoms with Crippen LogP contribution in [-0.2, 0) is 0 Å². The number of likely N-dealkylation sites (N-methyl/N-ethyl adjacent to an activating group) is 1. The third-order valence-electron chi connectivity index (χ3n) is 4.39. The maximum atomic E-state index is 12.2. The molecule has 0 aliphatic carbocycles. The second-order valence-electron chi connectivity index (χ2n) is 5.85. The Morgan fingerprint density at radius 2 is 2.00 bits per heavy atom. The van der Waals surface area contributed by atoms with Crippen molar-refractivity contribution in [3.63, 3.8) is 0 Å². The van der Waals surface area contributed by atoms with E-state index in [2.05, 4.69) is 41.1 Å². The van der Waals surface area contributed by atoms with Crippen LogP contribution in [0.5, 0.6) is 0 Å². The van der Waals surface area contributed by atoms with Crippen LogP contribution in [-0.4, -0.2) is 43.5 Å². The molecule has 2 aromatic rings. The van der Waals surface area contributed by atoms with Crippen LogP contribution in [0.4, 0.5) is 11.4 Å². The summed E-state index contributed by atoms with van der Waals surface area (Å²) in [5, 5.41) is 4.92. The molecule has 1 aromatic heterocycles. The van der Waals surface area contributed by atoms with Gasteiger partial charge in [0.25, 0.3) is 5.91 Å². The minimum atomic E-state index is -0.0348. The first-order chi connectivity index (χ1) is 11.2. The molecule has 0 atom stereocenters. The average Bonchev–Trinajstić information content (AvgIpc) is 3.11. The first-order valence-corrected chi connectivity index (χ1v) is 8.98. The number of amides is 1. The van der Waals surface area contributed by atoms with Crippen LogP contribution < -0.4 is 10.2 Å². The molecule has 122 valence electrons. The summed E-state index contributed by atoms with van der Waals surface area (Å²) in [5.74, 6) is -0.0348. The van der Waals surface area contributed by atoms with Gasteiger partial charge in [-0.05, 0) is 48.7 Å². The molecule has 4 nitrogen and oxygen atoms in total. The van der Waals surface area contributed by atoms with Gasteiger partial charge in [-0.25, -0.2) is 0 Å². The summed E-state index contributed by atoms with van der Waals surface area (Å²) in [7, 11) is 0. The maximum absolute atomic E-state index is 12.2. The third kappa shape index (κ3) is 3.74. The lowest BCUT2D eigenvalue weighted by Crippen LogP contribution is -2.46. The van der Waals surface area contributed by atoms with E-state index in [4.69, 9.17) is 0 Å². The van der Waals surface area contributed by atoms with Gasteiger partial charge in [0.15, 0.2) is 0 Å². The molecule has 2 heterocycles. The predicted molar refractivity (Wildman–Crippen MR) is 97.8 cm³/mol. The molecule has 5 heteroatoms. The molecule has 1 aliphatic rings. The van der Waals surface area contributed by atoms with Crippen molar-refractivity contribution in [3.8, 4) is 0 Å². The molecule has 0 unspecified atom stereocenters. The molecule has 23 heavy (non-hydrogen) atoms. The Morgan fingerprint density at radius 3 is 2.61 bits per heavy atom. The van der Waals surface area contributed by atoms with E-state index in [-0.39, 0.29) is 5.91 Å². The summed E-state index contributed by atoms with van der Waals surface area (Å²) in [4.78, 5) is 17.8. The number of benzene rings is 1. The van der Waals surface area contributed by atoms with Gasteiger partial charge < -0.3 is 15.1 Å². The van der Waals surface area contributed by atoms with Crippen molar-refractivity contribution in [3.05, 3.63) is 46.2 Å². The van der Waals surface area contributed by atoms with Crippen molar-refractivity contribution in [2.75, 3.05) is 42.9 Å². The summed E-state index contributed by atoms with van der Waals surface area (Å²) < 4.78 is 0. The smallest absolute Gasteiger partial charge is 0.265 e. The fraction of sp³-hybridized carbons (Fsp3) is 0.389. The number of aryl methyl sites for hydroxylation is 1. The Hall–Kier alpha value is -1.85. The zero-order valence-electron chi connectivity index (χ0n) is 13.7. The standard InChI is InChI=1S/C18H23N3OS/c1-3-20-8-10-21(11-9-20)15-6-7-16(14(2)13-15)19-18(22)17-5-4-12-23-17/h4-7,12-13H,3,8-11H2,1-2H3,(H,19,22). The van der Waals surface area contributed by atoms with Crippen molar-refractivity contribution < 1.29 is 4.79 Å². The topological polar surface area (TPSA) is 35.6 Å². The molecule has 0 saturated carbocycles. The minimum absolute atomic E-state index is 0.0348. The average molecular weight is 329 g/mol. The Morgan fingerprint density at radius 1 is 1.22 bits per heavy atom. The number of hydrogen-bond donors (Lipinski definition) is 1. The highest BCUT2D eigenvalue weighted by atomic mass is 32.1. The van der Waals surface area contributed by atoms with E-state index in [0.29, 0.717) is 0 Å². The first-order valence-electron chi connectivity index (χ1n) is 8.10. The highest BCUT2D eigenvalue weighted by Crippen LogP contribution is 2.24. The number of anilines is 2. The number of carbonyl (C=O) groups excluding carboxylic acids is 1. The van der Waals surface area contributed by atoms with Gasteiger partial charge in [0.05, 0.1) is 4.88 Å². The number of rotatable bonds is 4. The van der Waals surface area contributed by atoms with Gasteiger partial charge >= 0.3 is 0 Å². The van der Waals surface area contributed by atoms with Crippen molar-refractivity contribution >= 4 is 28.6 Å². The van der Waals surface area contributed by atoms with Gasteiger partial charge in [0, 0.05) is 37.6 Å². The summed E-state index contributed by atoms with van der Waals surface area (Å²) in [6.07, 6.45) is 0. The zero-order chi connectivity index (χ0) is 16.2. The van der Waals surface area contributed by atoms with Gasteiger partial charge in [-0.1, -0.05) is 13.0 Å². The summed E-state index contributed by atoms with van der Waals surface area (Å²) >= 11 is 1.46. The number of nitrogens with one attached hydrogen (secondary N) is 1. The molecule has 1 aliphatic heterocycles. The third-order valence-corrected chi connectivity index (χ3v) is 5.26. The van der Waals surface area contributed by atoms with Crippen LogP contribution in [0, 0.1) is 6.92 Å². The van der Waals surface area contributed by atoms with E-state index in [1.165, 1.54) is 17.0 Å². The number of nitrogens with zero attached hydrogens (tertiary/aromatic N) is 2. The fourth-order valence-corrected chi connectivity index (χ4v) is 3.52. The molecule has 1 saturated heterocycles. The van der Waals surface area contributed by atoms with Gasteiger partial charge in [0.2, 0.25) is 0 Å². The normalized spacial score (nSPS) is 15.7. The van der Waals surface area contributed by atoms with E-state index in [0.717, 1.165) is 48.9 Å². The van der Waals surface area contributed by atoms with Crippen LogP contribution in [0.1, 0.15) is 22.2 Å². The zero-order valence-corrected chi connectivity index (χ0v) is 14.5. The molecule has 0 spiro atoms. The van der Waals surface area contributed by atoms with Gasteiger partial charge in [-0.2, -0.15) is 0 Å². The van der Waals surface area contributed by atoms with E-state index in [9.17, 15) is 4.79 Å². The molecular weight excluding hydrogens is 306 g/mol. The van der Waals surface area contributed by atoms with Crippen LogP contribution >= 0.6 is 11.3 Å². The predicted octanol–water partition coefficient (Wildman–Crippen LogP) is 3.45. The number of carbonyl (C=O) groups is 1. The van der Waals surface area contributed by atoms with E-state index in [1.54, 1.807) is 0 Å². The summed E-state index contributed by atoms with van der Waals surface area (Å²) in [6, 6.07) is 10.0. The van der Waals surface area contributed by atoms with Crippen molar-refractivity contribution in [1.29, 1.82) is 0 Å². The molecule has 1 amide bonds. The fourth-order valence-electron chi connectivity index (χ4n) is 2.90. The molecule has 0 bridgehead atoms. The quantitative estimate of drug-likeness (QED) is 0.933. The second-order valence-corrected chi connectivity index (χ2v) is 6.80. The summed E-state index contributed by atoms with van der Waals surface area (Å²) in [6.45, 7) is 9.75. The van der Waals surface area contributed by atoms with Crippen LogP contribution in [0.2, 0.25) is 0 Å². The van der Waals surface area contributed by atoms with E-state index in [1.807, 2.05) is 23.6 Å². The van der Waals surface area contributed by atoms with Gasteiger partial charge in [-0.3, -0.25) is 4.79 Å². The lowest BCUT2D eigenvalue weighted by Gasteiger charge is -2.35. The Bertz CT molecular complexity index is 661. The molecule has 1 aromatic carbocycles. The molecule has 3 rings (SSSR count). The molecule has 0 radical (unpaired) electrons. The van der Waals surface area contributed by atoms with Gasteiger partial charge in [-0.15, -0.1) is 11.3 Å². The van der Waals surface area contributed by atoms with E-state index >= 15 is 0 Å². The highest BCUT2D eigenvalue weighted by Gasteiger charge is 2.16. The number of thiophene rings is 1. The molecule has 1 fully saturated rings. The van der Waals surface area contributed by atoms with Crippen LogP contribution in [0.15, 0.2) is 35.7 Å². The monoisotopic (exact) mass is 329 g/mol. The number of piperazine rings is 1. The first kappa shape index (κ1) is 16.0. The van der Waals surface area contributed by atoms with E-state index < -0.39 is 0 Å². The Labute approximate surface area is 141 Å². The largest absolute Gasteiger partial charge is 0.369 e. The Kier molecular flexibility index (Phi) is 4.98. The van der Waals surface area contributed by atoms with Crippen molar-refractivity contribution in [2.24, 2.45) is 0 Å². The van der Waals surface area contributed by atoms with Crippen molar-refractivity contribution in [2.45, 2.75) is 13.8 Å². The maximum Gasteiger partial charge on any atom is 0.265 e. The SMILES string of the molecule is CCN1CCN(c2ccc(NC(=O)c3cccs3)c(C)c2)CC1. The second kappa shape index (κ2) is 7.15. The van der Waals surface area contributed by atoms with Crippen LogP contribution in [0.25, 0.3) is 0 Å². The summed E-state index contributed by atoms with van der Waals surface area (Å²) in [5.41, 5.74) is 3.23. The lowest BCUT2D eigenvalue weighted by molar-refractivity contribution is 0.103. The minimum Gasteiger partial charge on any atom is -0.369 e. The lowest BCUT2D eigenvalue weighted by atomic mass is 10.1. The molecule has 1 N–H and O–H groups in total. The number of hydrogen-bond acceptors (Lipinski definition) is 4. The Balaban J connectivity index is 1.67. The van der Waals surface area contributed by atoms with Crippen molar-refractivity contribution in [1.82, 2.24) is 4.90 Å². The van der Waals surface area contributed by atoms with Gasteiger partial charge in [0.1, 0.15) is 0 Å². The van der Waals surface area contributed by atoms with Crippen LogP contribution in [0.3, 0.4) is 0 Å².